The Bertz CT molecular complexity index is 657. The van der Waals surface area contributed by atoms with Crippen LogP contribution in [0.15, 0.2) is 47.7 Å². The molecule has 20 heavy (non-hydrogen) atoms. The van der Waals surface area contributed by atoms with Gasteiger partial charge in [0.25, 0.3) is 5.91 Å². The average molecular weight is 308 g/mol. The first-order valence-electron chi connectivity index (χ1n) is 5.79. The van der Waals surface area contributed by atoms with Gasteiger partial charge in [-0.25, -0.2) is 5.43 Å². The minimum atomic E-state index is -0.423. The Morgan fingerprint density at radius 3 is 2.75 bits per heavy atom. The first-order valence-corrected chi connectivity index (χ1v) is 6.54. The first-order chi connectivity index (χ1) is 9.58. The molecule has 102 valence electrons. The zero-order valence-electron chi connectivity index (χ0n) is 10.6. The molecule has 1 aromatic heterocycles. The van der Waals surface area contributed by atoms with Crippen LogP contribution in [0, 0.1) is 0 Å². The largest absolute Gasteiger partial charge is 0.272 e. The van der Waals surface area contributed by atoms with E-state index >= 15 is 0 Å². The van der Waals surface area contributed by atoms with Gasteiger partial charge in [0.05, 0.1) is 22.0 Å². The fourth-order valence-electron chi connectivity index (χ4n) is 1.50. The normalized spacial score (nSPS) is 11.2. The van der Waals surface area contributed by atoms with E-state index in [0.29, 0.717) is 21.5 Å². The third-order valence-electron chi connectivity index (χ3n) is 2.53. The van der Waals surface area contributed by atoms with E-state index in [-0.39, 0.29) is 5.56 Å². The van der Waals surface area contributed by atoms with Gasteiger partial charge in [0.1, 0.15) is 0 Å². The average Bonchev–Trinajstić information content (AvgIpc) is 2.47. The molecule has 0 saturated heterocycles. The maximum atomic E-state index is 12.0. The lowest BCUT2D eigenvalue weighted by atomic mass is 10.2. The summed E-state index contributed by atoms with van der Waals surface area (Å²) in [7, 11) is 0. The van der Waals surface area contributed by atoms with E-state index in [2.05, 4.69) is 15.5 Å². The molecule has 1 aromatic carbocycles. The predicted octanol–water partition coefficient (Wildman–Crippen LogP) is 3.54. The summed E-state index contributed by atoms with van der Waals surface area (Å²) in [6.07, 6.45) is 1.66. The molecule has 0 aliphatic carbocycles. The molecule has 2 rings (SSSR count). The second-order valence-corrected chi connectivity index (χ2v) is 4.82. The maximum absolute atomic E-state index is 12.0. The van der Waals surface area contributed by atoms with Gasteiger partial charge in [0.2, 0.25) is 0 Å². The summed E-state index contributed by atoms with van der Waals surface area (Å²) in [6.45, 7) is 1.75. The summed E-state index contributed by atoms with van der Waals surface area (Å²) in [5.74, 6) is -0.423. The van der Waals surface area contributed by atoms with E-state index in [1.807, 2.05) is 6.07 Å². The fraction of sp³-hybridized carbons (Fsp3) is 0.0714. The van der Waals surface area contributed by atoms with Crippen LogP contribution in [0.1, 0.15) is 23.0 Å². The van der Waals surface area contributed by atoms with Gasteiger partial charge < -0.3 is 0 Å². The zero-order chi connectivity index (χ0) is 14.5. The lowest BCUT2D eigenvalue weighted by Gasteiger charge is -2.04. The Morgan fingerprint density at radius 2 is 2.05 bits per heavy atom. The number of carbonyl (C=O) groups is 1. The van der Waals surface area contributed by atoms with E-state index in [4.69, 9.17) is 23.2 Å². The number of rotatable bonds is 3. The molecule has 2 aromatic rings. The molecule has 0 radical (unpaired) electrons. The molecular formula is C14H11Cl2N3O. The first kappa shape index (κ1) is 14.5. The fourth-order valence-corrected chi connectivity index (χ4v) is 1.88. The van der Waals surface area contributed by atoms with Crippen molar-refractivity contribution in [3.8, 4) is 0 Å². The highest BCUT2D eigenvalue weighted by Crippen LogP contribution is 2.20. The minimum Gasteiger partial charge on any atom is -0.267 e. The van der Waals surface area contributed by atoms with Crippen molar-refractivity contribution >= 4 is 34.8 Å². The van der Waals surface area contributed by atoms with Gasteiger partial charge in [-0.05, 0) is 37.3 Å². The van der Waals surface area contributed by atoms with Gasteiger partial charge in [-0.1, -0.05) is 29.3 Å². The molecule has 0 bridgehead atoms. The van der Waals surface area contributed by atoms with E-state index in [9.17, 15) is 4.79 Å². The summed E-state index contributed by atoms with van der Waals surface area (Å²) < 4.78 is 0. The minimum absolute atomic E-state index is 0.275. The SMILES string of the molecule is CC(=NNC(=O)c1cc(Cl)ccc1Cl)c1ccccn1. The van der Waals surface area contributed by atoms with Gasteiger partial charge >= 0.3 is 0 Å². The van der Waals surface area contributed by atoms with Crippen LogP contribution in [0.5, 0.6) is 0 Å². The van der Waals surface area contributed by atoms with Gasteiger partial charge in [0, 0.05) is 11.2 Å². The number of nitrogens with zero attached hydrogens (tertiary/aromatic N) is 2. The number of carbonyl (C=O) groups excluding carboxylic acids is 1. The van der Waals surface area contributed by atoms with Crippen LogP contribution < -0.4 is 5.43 Å². The van der Waals surface area contributed by atoms with Crippen molar-refractivity contribution in [3.63, 3.8) is 0 Å². The van der Waals surface area contributed by atoms with Crippen molar-refractivity contribution in [1.29, 1.82) is 0 Å². The lowest BCUT2D eigenvalue weighted by Crippen LogP contribution is -2.20. The van der Waals surface area contributed by atoms with E-state index in [0.717, 1.165) is 0 Å². The molecule has 0 spiro atoms. The predicted molar refractivity (Wildman–Crippen MR) is 80.4 cm³/mol. The van der Waals surface area contributed by atoms with Crippen LogP contribution >= 0.6 is 23.2 Å². The molecule has 6 heteroatoms. The van der Waals surface area contributed by atoms with E-state index in [1.165, 1.54) is 6.07 Å². The summed E-state index contributed by atoms with van der Waals surface area (Å²) in [6, 6.07) is 10.1. The monoisotopic (exact) mass is 307 g/mol. The smallest absolute Gasteiger partial charge is 0.267 e. The van der Waals surface area contributed by atoms with E-state index in [1.54, 1.807) is 37.4 Å². The summed E-state index contributed by atoms with van der Waals surface area (Å²) >= 11 is 11.8. The van der Waals surface area contributed by atoms with Crippen molar-refractivity contribution in [1.82, 2.24) is 10.4 Å². The number of halogens is 2. The number of benzene rings is 1. The number of nitrogens with one attached hydrogen (secondary N) is 1. The van der Waals surface area contributed by atoms with Crippen LogP contribution in [0.4, 0.5) is 0 Å². The second kappa shape index (κ2) is 6.50. The quantitative estimate of drug-likeness (QED) is 0.696. The summed E-state index contributed by atoms with van der Waals surface area (Å²) in [5.41, 5.74) is 3.99. The molecule has 0 saturated carbocycles. The molecule has 1 amide bonds. The molecule has 4 nitrogen and oxygen atoms in total. The molecule has 0 aliphatic rings. The third-order valence-corrected chi connectivity index (χ3v) is 3.10. The van der Waals surface area contributed by atoms with Gasteiger partial charge in [-0.3, -0.25) is 9.78 Å². The summed E-state index contributed by atoms with van der Waals surface area (Å²) in [4.78, 5) is 16.1. The molecule has 0 atom stereocenters. The van der Waals surface area contributed by atoms with Crippen LogP contribution in [0.25, 0.3) is 0 Å². The van der Waals surface area contributed by atoms with Crippen LogP contribution in [-0.4, -0.2) is 16.6 Å². The highest BCUT2D eigenvalue weighted by atomic mass is 35.5. The van der Waals surface area contributed by atoms with Crippen molar-refractivity contribution in [2.45, 2.75) is 6.92 Å². The van der Waals surface area contributed by atoms with Crippen LogP contribution in [0.2, 0.25) is 10.0 Å². The second-order valence-electron chi connectivity index (χ2n) is 3.98. The molecule has 1 heterocycles. The molecule has 0 aliphatic heterocycles. The number of pyridine rings is 1. The van der Waals surface area contributed by atoms with E-state index < -0.39 is 5.91 Å². The Balaban J connectivity index is 2.14. The van der Waals surface area contributed by atoms with Crippen LogP contribution in [0.3, 0.4) is 0 Å². The Labute approximate surface area is 126 Å². The van der Waals surface area contributed by atoms with Crippen LogP contribution in [-0.2, 0) is 0 Å². The Hall–Kier alpha value is -1.91. The highest BCUT2D eigenvalue weighted by molar-refractivity contribution is 6.35. The van der Waals surface area contributed by atoms with Crippen molar-refractivity contribution in [3.05, 3.63) is 63.9 Å². The molecule has 0 fully saturated rings. The topological polar surface area (TPSA) is 54.4 Å². The standard InChI is InChI=1S/C14H11Cl2N3O/c1-9(13-4-2-3-7-17-13)18-19-14(20)11-8-10(15)5-6-12(11)16/h2-8H,1H3,(H,19,20). The number of aromatic nitrogens is 1. The highest BCUT2D eigenvalue weighted by Gasteiger charge is 2.10. The van der Waals surface area contributed by atoms with Crippen molar-refractivity contribution < 1.29 is 4.79 Å². The van der Waals surface area contributed by atoms with Gasteiger partial charge in [-0.15, -0.1) is 0 Å². The maximum Gasteiger partial charge on any atom is 0.272 e. The molecule has 0 unspecified atom stereocenters. The lowest BCUT2D eigenvalue weighted by molar-refractivity contribution is 0.0955. The van der Waals surface area contributed by atoms with Gasteiger partial charge in [0.15, 0.2) is 0 Å². The number of amides is 1. The van der Waals surface area contributed by atoms with Crippen molar-refractivity contribution in [2.24, 2.45) is 5.10 Å². The molecular weight excluding hydrogens is 297 g/mol. The van der Waals surface area contributed by atoms with Gasteiger partial charge in [-0.2, -0.15) is 5.10 Å². The zero-order valence-corrected chi connectivity index (χ0v) is 12.1. The van der Waals surface area contributed by atoms with Crippen molar-refractivity contribution in [2.75, 3.05) is 0 Å². The Morgan fingerprint density at radius 1 is 1.25 bits per heavy atom. The number of hydrogen-bond donors (Lipinski definition) is 1. The Kier molecular flexibility index (Phi) is 4.71. The number of hydrogen-bond acceptors (Lipinski definition) is 3. The summed E-state index contributed by atoms with van der Waals surface area (Å²) in [5, 5.41) is 4.75. The number of hydrazone groups is 1. The molecule has 1 N–H and O–H groups in total. The third kappa shape index (κ3) is 3.56.